The molecular formula is C11H17FN2O3S. The Hall–Kier alpha value is -1.18. The maximum absolute atomic E-state index is 13.2. The molecule has 3 N–H and O–H groups in total. The summed E-state index contributed by atoms with van der Waals surface area (Å²) < 4.78 is 44.6. The standard InChI is InChI=1S/C11H17FN2O3S/c1-7-4-9(12)10(13)5-11(7)18(15,16)14-8(2)6-17-3/h4-5,8,14H,6,13H2,1-3H3. The minimum absolute atomic E-state index is 0.0237. The molecule has 5 nitrogen and oxygen atoms in total. The first-order valence-electron chi connectivity index (χ1n) is 5.35. The average molecular weight is 276 g/mol. The fraction of sp³-hybridized carbons (Fsp3) is 0.455. The number of nitrogens with one attached hydrogen (secondary N) is 1. The predicted molar refractivity (Wildman–Crippen MR) is 67.2 cm³/mol. The van der Waals surface area contributed by atoms with E-state index in [0.717, 1.165) is 12.1 Å². The molecule has 0 spiro atoms. The molecular weight excluding hydrogens is 259 g/mol. The van der Waals surface area contributed by atoms with E-state index in [-0.39, 0.29) is 23.2 Å². The fourth-order valence-electron chi connectivity index (χ4n) is 1.57. The van der Waals surface area contributed by atoms with Gasteiger partial charge in [0.05, 0.1) is 17.2 Å². The van der Waals surface area contributed by atoms with Gasteiger partial charge in [-0.1, -0.05) is 0 Å². The molecule has 7 heteroatoms. The second-order valence-electron chi connectivity index (χ2n) is 4.12. The smallest absolute Gasteiger partial charge is 0.241 e. The fourth-order valence-corrected chi connectivity index (χ4v) is 3.06. The lowest BCUT2D eigenvalue weighted by Crippen LogP contribution is -2.36. The van der Waals surface area contributed by atoms with Crippen molar-refractivity contribution in [1.29, 1.82) is 0 Å². The first kappa shape index (κ1) is 14.9. The van der Waals surface area contributed by atoms with Crippen molar-refractivity contribution in [2.24, 2.45) is 0 Å². The van der Waals surface area contributed by atoms with Crippen molar-refractivity contribution in [1.82, 2.24) is 4.72 Å². The third-order valence-corrected chi connectivity index (χ3v) is 4.09. The molecule has 0 saturated carbocycles. The number of methoxy groups -OCH3 is 1. The van der Waals surface area contributed by atoms with Crippen molar-refractivity contribution in [2.75, 3.05) is 19.5 Å². The Bertz CT molecular complexity index is 531. The highest BCUT2D eigenvalue weighted by Gasteiger charge is 2.21. The molecule has 0 aliphatic rings. The topological polar surface area (TPSA) is 81.4 Å². The average Bonchev–Trinajstić information content (AvgIpc) is 2.22. The molecule has 0 radical (unpaired) electrons. The minimum atomic E-state index is -3.73. The molecule has 0 saturated heterocycles. The van der Waals surface area contributed by atoms with Crippen LogP contribution in [0, 0.1) is 12.7 Å². The number of hydrogen-bond acceptors (Lipinski definition) is 4. The monoisotopic (exact) mass is 276 g/mol. The van der Waals surface area contributed by atoms with Crippen molar-refractivity contribution in [3.05, 3.63) is 23.5 Å². The zero-order valence-corrected chi connectivity index (χ0v) is 11.3. The largest absolute Gasteiger partial charge is 0.396 e. The van der Waals surface area contributed by atoms with Crippen LogP contribution in [-0.2, 0) is 14.8 Å². The van der Waals surface area contributed by atoms with Crippen molar-refractivity contribution < 1.29 is 17.5 Å². The number of aryl methyl sites for hydroxylation is 1. The molecule has 1 rings (SSSR count). The van der Waals surface area contributed by atoms with Crippen LogP contribution in [0.15, 0.2) is 17.0 Å². The Morgan fingerprint density at radius 3 is 2.67 bits per heavy atom. The molecule has 18 heavy (non-hydrogen) atoms. The first-order chi connectivity index (χ1) is 8.27. The summed E-state index contributed by atoms with van der Waals surface area (Å²) in [5.74, 6) is -0.628. The van der Waals surface area contributed by atoms with E-state index >= 15 is 0 Å². The van der Waals surface area contributed by atoms with Crippen LogP contribution in [0.1, 0.15) is 12.5 Å². The zero-order chi connectivity index (χ0) is 13.9. The third kappa shape index (κ3) is 3.41. The molecule has 0 amide bonds. The van der Waals surface area contributed by atoms with E-state index in [1.165, 1.54) is 14.0 Å². The van der Waals surface area contributed by atoms with Crippen LogP contribution < -0.4 is 10.5 Å². The first-order valence-corrected chi connectivity index (χ1v) is 6.83. The maximum atomic E-state index is 13.2. The van der Waals surface area contributed by atoms with E-state index in [1.54, 1.807) is 6.92 Å². The van der Waals surface area contributed by atoms with E-state index < -0.39 is 15.8 Å². The lowest BCUT2D eigenvalue weighted by atomic mass is 10.2. The Labute approximate surface area is 106 Å². The quantitative estimate of drug-likeness (QED) is 0.787. The molecule has 0 aliphatic carbocycles. The van der Waals surface area contributed by atoms with Gasteiger partial charge in [-0.25, -0.2) is 17.5 Å². The summed E-state index contributed by atoms with van der Waals surface area (Å²) in [4.78, 5) is -0.0237. The van der Waals surface area contributed by atoms with Crippen LogP contribution >= 0.6 is 0 Å². The normalized spacial score (nSPS) is 13.6. The number of hydrogen-bond donors (Lipinski definition) is 2. The third-order valence-electron chi connectivity index (χ3n) is 2.36. The van der Waals surface area contributed by atoms with Gasteiger partial charge < -0.3 is 10.5 Å². The lowest BCUT2D eigenvalue weighted by molar-refractivity contribution is 0.180. The molecule has 0 heterocycles. The predicted octanol–water partition coefficient (Wildman–Crippen LogP) is 1.03. The highest BCUT2D eigenvalue weighted by molar-refractivity contribution is 7.89. The maximum Gasteiger partial charge on any atom is 0.241 e. The Balaban J connectivity index is 3.09. The Morgan fingerprint density at radius 1 is 1.50 bits per heavy atom. The second-order valence-corrected chi connectivity index (χ2v) is 5.80. The van der Waals surface area contributed by atoms with Gasteiger partial charge in [0.15, 0.2) is 0 Å². The van der Waals surface area contributed by atoms with Crippen LogP contribution in [0.3, 0.4) is 0 Å². The summed E-state index contributed by atoms with van der Waals surface area (Å²) in [5.41, 5.74) is 5.49. The lowest BCUT2D eigenvalue weighted by Gasteiger charge is -2.15. The molecule has 0 aliphatic heterocycles. The van der Waals surface area contributed by atoms with Gasteiger partial charge >= 0.3 is 0 Å². The molecule has 0 bridgehead atoms. The summed E-state index contributed by atoms with van der Waals surface area (Å²) in [6.07, 6.45) is 0. The number of anilines is 1. The van der Waals surface area contributed by atoms with Gasteiger partial charge in [-0.3, -0.25) is 0 Å². The van der Waals surface area contributed by atoms with Gasteiger partial charge in [-0.15, -0.1) is 0 Å². The van der Waals surface area contributed by atoms with Gasteiger partial charge in [0.2, 0.25) is 10.0 Å². The highest BCUT2D eigenvalue weighted by atomic mass is 32.2. The van der Waals surface area contributed by atoms with Gasteiger partial charge in [0.25, 0.3) is 0 Å². The van der Waals surface area contributed by atoms with E-state index in [4.69, 9.17) is 10.5 Å². The molecule has 0 aromatic heterocycles. The molecule has 102 valence electrons. The van der Waals surface area contributed by atoms with Crippen LogP contribution in [0.2, 0.25) is 0 Å². The summed E-state index contributed by atoms with van der Waals surface area (Å²) in [6.45, 7) is 3.43. The van der Waals surface area contributed by atoms with Crippen LogP contribution in [0.5, 0.6) is 0 Å². The molecule has 1 atom stereocenters. The molecule has 1 aromatic rings. The number of nitrogen functional groups attached to an aromatic ring is 1. The zero-order valence-electron chi connectivity index (χ0n) is 10.5. The van der Waals surface area contributed by atoms with E-state index in [2.05, 4.69) is 4.72 Å². The van der Waals surface area contributed by atoms with Crippen LogP contribution in [0.4, 0.5) is 10.1 Å². The van der Waals surface area contributed by atoms with Crippen molar-refractivity contribution in [2.45, 2.75) is 24.8 Å². The SMILES string of the molecule is COCC(C)NS(=O)(=O)c1cc(N)c(F)cc1C. The summed E-state index contributed by atoms with van der Waals surface area (Å²) >= 11 is 0. The Kier molecular flexibility index (Phi) is 4.66. The van der Waals surface area contributed by atoms with E-state index in [0.29, 0.717) is 5.56 Å². The molecule has 1 aromatic carbocycles. The summed E-state index contributed by atoms with van der Waals surface area (Å²) in [5, 5.41) is 0. The van der Waals surface area contributed by atoms with Gasteiger partial charge in [0.1, 0.15) is 5.82 Å². The number of sulfonamides is 1. The minimum Gasteiger partial charge on any atom is -0.396 e. The van der Waals surface area contributed by atoms with Gasteiger partial charge in [-0.2, -0.15) is 0 Å². The number of benzene rings is 1. The molecule has 0 fully saturated rings. The summed E-state index contributed by atoms with van der Waals surface area (Å²) in [7, 11) is -2.25. The highest BCUT2D eigenvalue weighted by Crippen LogP contribution is 2.21. The Morgan fingerprint density at radius 2 is 2.11 bits per heavy atom. The van der Waals surface area contributed by atoms with E-state index in [9.17, 15) is 12.8 Å². The number of rotatable bonds is 5. The second kappa shape index (κ2) is 5.64. The number of ether oxygens (including phenoxy) is 1. The van der Waals surface area contributed by atoms with Crippen molar-refractivity contribution in [3.63, 3.8) is 0 Å². The van der Waals surface area contributed by atoms with Crippen LogP contribution in [0.25, 0.3) is 0 Å². The van der Waals surface area contributed by atoms with Crippen molar-refractivity contribution in [3.8, 4) is 0 Å². The summed E-state index contributed by atoms with van der Waals surface area (Å²) in [6, 6.07) is 1.84. The van der Waals surface area contributed by atoms with E-state index in [1.807, 2.05) is 0 Å². The number of nitrogens with two attached hydrogens (primary N) is 1. The van der Waals surface area contributed by atoms with Gasteiger partial charge in [0, 0.05) is 13.2 Å². The molecule has 1 unspecified atom stereocenters. The van der Waals surface area contributed by atoms with Crippen molar-refractivity contribution >= 4 is 15.7 Å². The van der Waals surface area contributed by atoms with Gasteiger partial charge in [-0.05, 0) is 31.5 Å². The number of halogens is 1. The van der Waals surface area contributed by atoms with Crippen LogP contribution in [-0.4, -0.2) is 28.2 Å².